The highest BCUT2D eigenvalue weighted by Crippen LogP contribution is 2.24. The van der Waals surface area contributed by atoms with Crippen molar-refractivity contribution in [1.29, 1.82) is 0 Å². The topological polar surface area (TPSA) is 34.1 Å². The molecule has 0 bridgehead atoms. The Morgan fingerprint density at radius 3 is 2.53 bits per heavy atom. The number of halogens is 3. The van der Waals surface area contributed by atoms with Gasteiger partial charge in [-0.3, -0.25) is 0 Å². The number of anilines is 2. The Labute approximate surface area is 105 Å². The Bertz CT molecular complexity index is 489. The zero-order chi connectivity index (χ0) is 12.3. The summed E-state index contributed by atoms with van der Waals surface area (Å²) in [7, 11) is 0. The van der Waals surface area contributed by atoms with Gasteiger partial charge in [0.15, 0.2) is 5.13 Å². The maximum Gasteiger partial charge on any atom is 0.387 e. The number of hydrogen-bond acceptors (Lipinski definition) is 4. The maximum absolute atomic E-state index is 11.9. The van der Waals surface area contributed by atoms with Crippen LogP contribution in [-0.2, 0) is 0 Å². The highest BCUT2D eigenvalue weighted by atomic mass is 35.5. The van der Waals surface area contributed by atoms with E-state index in [0.29, 0.717) is 10.3 Å². The zero-order valence-electron chi connectivity index (χ0n) is 8.36. The Hall–Kier alpha value is -1.40. The van der Waals surface area contributed by atoms with Crippen molar-refractivity contribution in [2.45, 2.75) is 6.61 Å². The molecule has 90 valence electrons. The second kappa shape index (κ2) is 5.29. The molecule has 0 atom stereocenters. The summed E-state index contributed by atoms with van der Waals surface area (Å²) in [5, 5.41) is 5.73. The Kier molecular flexibility index (Phi) is 3.75. The van der Waals surface area contributed by atoms with Crippen LogP contribution in [0.2, 0.25) is 5.15 Å². The van der Waals surface area contributed by atoms with Crippen LogP contribution in [0.1, 0.15) is 0 Å². The van der Waals surface area contributed by atoms with Gasteiger partial charge in [-0.2, -0.15) is 8.78 Å². The molecule has 0 unspecified atom stereocenters. The molecule has 17 heavy (non-hydrogen) atoms. The first-order valence-corrected chi connectivity index (χ1v) is 5.82. The molecule has 3 nitrogen and oxygen atoms in total. The van der Waals surface area contributed by atoms with Gasteiger partial charge in [0.05, 0.1) is 0 Å². The van der Waals surface area contributed by atoms with Crippen molar-refractivity contribution < 1.29 is 13.5 Å². The molecule has 0 aliphatic rings. The summed E-state index contributed by atoms with van der Waals surface area (Å²) in [4.78, 5) is 4.00. The first-order chi connectivity index (χ1) is 8.13. The molecule has 2 rings (SSSR count). The first-order valence-electron chi connectivity index (χ1n) is 4.56. The van der Waals surface area contributed by atoms with Crippen LogP contribution in [0.3, 0.4) is 0 Å². The van der Waals surface area contributed by atoms with Crippen LogP contribution in [0, 0.1) is 0 Å². The predicted molar refractivity (Wildman–Crippen MR) is 63.5 cm³/mol. The third-order valence-corrected chi connectivity index (χ3v) is 2.89. The fourth-order valence-electron chi connectivity index (χ4n) is 1.15. The van der Waals surface area contributed by atoms with Crippen LogP contribution in [0.25, 0.3) is 0 Å². The molecule has 1 heterocycles. The molecule has 0 fully saturated rings. The van der Waals surface area contributed by atoms with Crippen LogP contribution in [0.4, 0.5) is 19.6 Å². The number of hydrogen-bond donors (Lipinski definition) is 1. The number of aromatic nitrogens is 1. The van der Waals surface area contributed by atoms with Gasteiger partial charge in [-0.25, -0.2) is 4.98 Å². The molecule has 1 aromatic heterocycles. The third kappa shape index (κ3) is 3.54. The van der Waals surface area contributed by atoms with Crippen molar-refractivity contribution in [1.82, 2.24) is 4.98 Å². The van der Waals surface area contributed by atoms with E-state index in [1.165, 1.54) is 23.5 Å². The summed E-state index contributed by atoms with van der Waals surface area (Å²) in [6.07, 6.45) is 0. The van der Waals surface area contributed by atoms with Gasteiger partial charge >= 0.3 is 6.61 Å². The predicted octanol–water partition coefficient (Wildman–Crippen LogP) is 4.14. The van der Waals surface area contributed by atoms with Crippen molar-refractivity contribution in [3.8, 4) is 5.75 Å². The number of alkyl halides is 2. The fraction of sp³-hybridized carbons (Fsp3) is 0.100. The minimum Gasteiger partial charge on any atom is -0.435 e. The normalized spacial score (nSPS) is 10.6. The molecule has 0 aliphatic carbocycles. The minimum absolute atomic E-state index is 0.114. The molecule has 1 N–H and O–H groups in total. The van der Waals surface area contributed by atoms with Crippen molar-refractivity contribution in [2.75, 3.05) is 5.32 Å². The lowest BCUT2D eigenvalue weighted by Crippen LogP contribution is -2.01. The molecule has 0 spiro atoms. The Morgan fingerprint density at radius 1 is 1.29 bits per heavy atom. The summed E-state index contributed by atoms with van der Waals surface area (Å²) >= 11 is 7.02. The number of benzene rings is 1. The summed E-state index contributed by atoms with van der Waals surface area (Å²) in [5.41, 5.74) is 0.720. The highest BCUT2D eigenvalue weighted by Gasteiger charge is 2.04. The first kappa shape index (κ1) is 12.1. The van der Waals surface area contributed by atoms with Crippen molar-refractivity contribution >= 4 is 33.8 Å². The molecular weight excluding hydrogens is 270 g/mol. The van der Waals surface area contributed by atoms with Gasteiger partial charge in [0.1, 0.15) is 10.9 Å². The lowest BCUT2D eigenvalue weighted by Gasteiger charge is -2.06. The number of nitrogens with zero attached hydrogens (tertiary/aromatic N) is 1. The Morgan fingerprint density at radius 2 is 2.00 bits per heavy atom. The molecule has 2 aromatic rings. The average Bonchev–Trinajstić information content (AvgIpc) is 2.66. The van der Waals surface area contributed by atoms with E-state index < -0.39 is 6.61 Å². The largest absolute Gasteiger partial charge is 0.435 e. The number of nitrogens with one attached hydrogen (secondary N) is 1. The van der Waals surface area contributed by atoms with E-state index in [9.17, 15) is 8.78 Å². The van der Waals surface area contributed by atoms with Gasteiger partial charge in [0.2, 0.25) is 0 Å². The summed E-state index contributed by atoms with van der Waals surface area (Å²) in [6.45, 7) is -2.81. The molecule has 0 aliphatic heterocycles. The van der Waals surface area contributed by atoms with Gasteiger partial charge in [-0.05, 0) is 24.3 Å². The molecule has 0 saturated heterocycles. The van der Waals surface area contributed by atoms with Crippen molar-refractivity contribution in [3.05, 3.63) is 34.8 Å². The van der Waals surface area contributed by atoms with Crippen LogP contribution in [0.15, 0.2) is 29.6 Å². The van der Waals surface area contributed by atoms with Gasteiger partial charge in [0, 0.05) is 11.1 Å². The molecule has 7 heteroatoms. The van der Waals surface area contributed by atoms with Crippen molar-refractivity contribution in [2.24, 2.45) is 0 Å². The molecule has 0 amide bonds. The molecule has 0 saturated carbocycles. The van der Waals surface area contributed by atoms with Crippen LogP contribution < -0.4 is 10.1 Å². The summed E-state index contributed by atoms with van der Waals surface area (Å²) < 4.78 is 28.0. The molecule has 0 radical (unpaired) electrons. The van der Waals surface area contributed by atoms with E-state index in [2.05, 4.69) is 15.0 Å². The van der Waals surface area contributed by atoms with E-state index in [0.717, 1.165) is 5.69 Å². The van der Waals surface area contributed by atoms with E-state index in [4.69, 9.17) is 11.6 Å². The van der Waals surface area contributed by atoms with Gasteiger partial charge < -0.3 is 10.1 Å². The average molecular weight is 277 g/mol. The fourth-order valence-corrected chi connectivity index (χ4v) is 2.01. The van der Waals surface area contributed by atoms with E-state index >= 15 is 0 Å². The zero-order valence-corrected chi connectivity index (χ0v) is 9.93. The standard InChI is InChI=1S/C10H7ClF2N2OS/c11-8-5-17-10(15-8)14-6-1-3-7(4-2-6)16-9(12)13/h1-5,9H,(H,14,15). The minimum atomic E-state index is -2.81. The summed E-state index contributed by atoms with van der Waals surface area (Å²) in [5.74, 6) is 0.114. The maximum atomic E-state index is 11.9. The quantitative estimate of drug-likeness (QED) is 0.911. The smallest absolute Gasteiger partial charge is 0.387 e. The van der Waals surface area contributed by atoms with E-state index in [1.54, 1.807) is 17.5 Å². The second-order valence-electron chi connectivity index (χ2n) is 3.00. The number of ether oxygens (including phenoxy) is 1. The SMILES string of the molecule is FC(F)Oc1ccc(Nc2nc(Cl)cs2)cc1. The molecular formula is C10H7ClF2N2OS. The lowest BCUT2D eigenvalue weighted by molar-refractivity contribution is -0.0498. The monoisotopic (exact) mass is 276 g/mol. The van der Waals surface area contributed by atoms with Crippen LogP contribution in [-0.4, -0.2) is 11.6 Å². The van der Waals surface area contributed by atoms with Gasteiger partial charge in [-0.1, -0.05) is 11.6 Å². The van der Waals surface area contributed by atoms with Crippen LogP contribution >= 0.6 is 22.9 Å². The van der Waals surface area contributed by atoms with Gasteiger partial charge in [0.25, 0.3) is 0 Å². The van der Waals surface area contributed by atoms with Crippen LogP contribution in [0.5, 0.6) is 5.75 Å². The van der Waals surface area contributed by atoms with E-state index in [-0.39, 0.29) is 5.75 Å². The van der Waals surface area contributed by atoms with E-state index in [1.807, 2.05) is 0 Å². The second-order valence-corrected chi connectivity index (χ2v) is 4.25. The van der Waals surface area contributed by atoms with Crippen molar-refractivity contribution in [3.63, 3.8) is 0 Å². The third-order valence-electron chi connectivity index (χ3n) is 1.81. The number of rotatable bonds is 4. The Balaban J connectivity index is 2.03. The number of thiazole rings is 1. The highest BCUT2D eigenvalue weighted by molar-refractivity contribution is 7.14. The van der Waals surface area contributed by atoms with Gasteiger partial charge in [-0.15, -0.1) is 11.3 Å². The lowest BCUT2D eigenvalue weighted by atomic mass is 10.3. The molecule has 1 aromatic carbocycles. The summed E-state index contributed by atoms with van der Waals surface area (Å²) in [6, 6.07) is 6.13.